The molecule has 2 aliphatic heterocycles. The Morgan fingerprint density at radius 3 is 3.04 bits per heavy atom. The lowest BCUT2D eigenvalue weighted by atomic mass is 10.0. The zero-order valence-corrected chi connectivity index (χ0v) is 14.7. The highest BCUT2D eigenvalue weighted by atomic mass is 32.1. The first-order valence-corrected chi connectivity index (χ1v) is 9.12. The number of rotatable bonds is 5. The lowest BCUT2D eigenvalue weighted by Crippen LogP contribution is -2.26. The Morgan fingerprint density at radius 2 is 2.31 bits per heavy atom. The van der Waals surface area contributed by atoms with E-state index in [1.165, 1.54) is 22.5 Å². The second-order valence-electron chi connectivity index (χ2n) is 5.98. The van der Waals surface area contributed by atoms with Crippen LogP contribution >= 0.6 is 11.5 Å². The minimum atomic E-state index is -0.505. The van der Waals surface area contributed by atoms with Gasteiger partial charge in [0.15, 0.2) is 6.10 Å². The first-order chi connectivity index (χ1) is 12.7. The minimum absolute atomic E-state index is 0.208. The maximum Gasteiger partial charge on any atom is 0.414 e. The van der Waals surface area contributed by atoms with Crippen LogP contribution in [-0.2, 0) is 9.47 Å². The number of ether oxygens (including phenoxy) is 3. The fourth-order valence-corrected chi connectivity index (χ4v) is 3.43. The monoisotopic (exact) mass is 376 g/mol. The number of carbonyl (C=O) groups is 1. The van der Waals surface area contributed by atoms with Crippen LogP contribution in [0.25, 0.3) is 5.57 Å². The molecule has 1 atom stereocenters. The van der Waals surface area contributed by atoms with Crippen LogP contribution in [0, 0.1) is 5.82 Å². The third-order valence-electron chi connectivity index (χ3n) is 4.28. The molecule has 1 aromatic heterocycles. The van der Waals surface area contributed by atoms with Gasteiger partial charge in [-0.1, -0.05) is 6.08 Å². The summed E-state index contributed by atoms with van der Waals surface area (Å²) in [5.41, 5.74) is 1.95. The van der Waals surface area contributed by atoms with Crippen LogP contribution in [-0.4, -0.2) is 42.9 Å². The van der Waals surface area contributed by atoms with Gasteiger partial charge in [-0.15, -0.1) is 0 Å². The molecule has 2 aliphatic rings. The summed E-state index contributed by atoms with van der Waals surface area (Å²) in [6.45, 7) is 1.60. The lowest BCUT2D eigenvalue weighted by molar-refractivity contribution is 0.104. The number of cyclic esters (lactones) is 1. The van der Waals surface area contributed by atoms with Crippen molar-refractivity contribution in [1.29, 1.82) is 0 Å². The molecule has 0 N–H and O–H groups in total. The molecule has 1 fully saturated rings. The maximum absolute atomic E-state index is 14.6. The highest BCUT2D eigenvalue weighted by Gasteiger charge is 2.33. The summed E-state index contributed by atoms with van der Waals surface area (Å²) in [6, 6.07) is 6.56. The van der Waals surface area contributed by atoms with Crippen LogP contribution < -0.4 is 9.64 Å². The van der Waals surface area contributed by atoms with Gasteiger partial charge in [0, 0.05) is 17.0 Å². The van der Waals surface area contributed by atoms with Gasteiger partial charge in [-0.2, -0.15) is 4.37 Å². The number of anilines is 1. The summed E-state index contributed by atoms with van der Waals surface area (Å²) in [4.78, 5) is 13.5. The molecule has 1 aromatic carbocycles. The highest BCUT2D eigenvalue weighted by Crippen LogP contribution is 2.29. The molecular formula is C18H17FN2O4S. The quantitative estimate of drug-likeness (QED) is 0.799. The predicted octanol–water partition coefficient (Wildman–Crippen LogP) is 3.49. The molecule has 0 bridgehead atoms. The van der Waals surface area contributed by atoms with Crippen molar-refractivity contribution in [2.45, 2.75) is 12.5 Å². The zero-order chi connectivity index (χ0) is 17.9. The van der Waals surface area contributed by atoms with Crippen LogP contribution in [0.3, 0.4) is 0 Å². The lowest BCUT2D eigenvalue weighted by Gasteiger charge is -2.17. The number of amides is 1. The topological polar surface area (TPSA) is 60.9 Å². The smallest absolute Gasteiger partial charge is 0.414 e. The second kappa shape index (κ2) is 7.43. The van der Waals surface area contributed by atoms with E-state index in [2.05, 4.69) is 4.37 Å². The Hall–Kier alpha value is -2.45. The van der Waals surface area contributed by atoms with Crippen molar-refractivity contribution in [3.05, 3.63) is 47.1 Å². The van der Waals surface area contributed by atoms with E-state index in [0.717, 1.165) is 5.57 Å². The molecule has 6 nitrogen and oxygen atoms in total. The molecule has 8 heteroatoms. The van der Waals surface area contributed by atoms with E-state index in [1.54, 1.807) is 23.6 Å². The highest BCUT2D eigenvalue weighted by molar-refractivity contribution is 7.03. The normalized spacial score (nSPS) is 20.0. The Morgan fingerprint density at radius 1 is 1.38 bits per heavy atom. The molecule has 0 radical (unpaired) electrons. The van der Waals surface area contributed by atoms with Crippen LogP contribution in [0.2, 0.25) is 0 Å². The molecule has 0 spiro atoms. The van der Waals surface area contributed by atoms with Gasteiger partial charge in [0.2, 0.25) is 5.88 Å². The van der Waals surface area contributed by atoms with E-state index >= 15 is 0 Å². The SMILES string of the molecule is O=C1O[C@@H](COc2ccsn2)CN1c1ccc(C2=CCOCC2)c(F)c1. The molecule has 26 heavy (non-hydrogen) atoms. The van der Waals surface area contributed by atoms with Crippen molar-refractivity contribution in [1.82, 2.24) is 4.37 Å². The number of carbonyl (C=O) groups excluding carboxylic acids is 1. The maximum atomic E-state index is 14.6. The van der Waals surface area contributed by atoms with Crippen molar-refractivity contribution in [3.8, 4) is 5.88 Å². The molecule has 4 rings (SSSR count). The molecule has 0 aliphatic carbocycles. The van der Waals surface area contributed by atoms with Gasteiger partial charge >= 0.3 is 6.09 Å². The Kier molecular flexibility index (Phi) is 4.85. The van der Waals surface area contributed by atoms with Crippen molar-refractivity contribution >= 4 is 28.9 Å². The van der Waals surface area contributed by atoms with Gasteiger partial charge < -0.3 is 14.2 Å². The predicted molar refractivity (Wildman–Crippen MR) is 95.0 cm³/mol. The zero-order valence-electron chi connectivity index (χ0n) is 13.9. The van der Waals surface area contributed by atoms with Crippen molar-refractivity contribution in [2.24, 2.45) is 0 Å². The second-order valence-corrected chi connectivity index (χ2v) is 6.65. The molecule has 136 valence electrons. The van der Waals surface area contributed by atoms with Crippen LogP contribution in [0.15, 0.2) is 35.7 Å². The van der Waals surface area contributed by atoms with E-state index < -0.39 is 12.2 Å². The molecular weight excluding hydrogens is 359 g/mol. The third-order valence-corrected chi connectivity index (χ3v) is 4.82. The summed E-state index contributed by atoms with van der Waals surface area (Å²) in [5, 5.41) is 1.81. The Labute approximate surface area is 154 Å². The van der Waals surface area contributed by atoms with Crippen LogP contribution in [0.5, 0.6) is 5.88 Å². The molecule has 2 aromatic rings. The number of halogens is 1. The number of nitrogens with zero attached hydrogens (tertiary/aromatic N) is 2. The van der Waals surface area contributed by atoms with Crippen molar-refractivity contribution in [3.63, 3.8) is 0 Å². The van der Waals surface area contributed by atoms with E-state index in [-0.39, 0.29) is 12.4 Å². The summed E-state index contributed by atoms with van der Waals surface area (Å²) in [6.07, 6.45) is 1.63. The molecule has 3 heterocycles. The van der Waals surface area contributed by atoms with E-state index in [9.17, 15) is 9.18 Å². The summed E-state index contributed by atoms with van der Waals surface area (Å²) in [5.74, 6) is 0.148. The summed E-state index contributed by atoms with van der Waals surface area (Å²) < 4.78 is 34.6. The Balaban J connectivity index is 1.44. The van der Waals surface area contributed by atoms with E-state index in [4.69, 9.17) is 14.2 Å². The molecule has 0 saturated carbocycles. The minimum Gasteiger partial charge on any atom is -0.473 e. The molecule has 1 saturated heterocycles. The van der Waals surface area contributed by atoms with E-state index in [1.807, 2.05) is 6.08 Å². The van der Waals surface area contributed by atoms with E-state index in [0.29, 0.717) is 43.3 Å². The van der Waals surface area contributed by atoms with Crippen molar-refractivity contribution in [2.75, 3.05) is 31.3 Å². The van der Waals surface area contributed by atoms with Gasteiger partial charge in [0.1, 0.15) is 12.4 Å². The van der Waals surface area contributed by atoms with Crippen molar-refractivity contribution < 1.29 is 23.4 Å². The fourth-order valence-electron chi connectivity index (χ4n) is 2.98. The Bertz CT molecular complexity index is 825. The standard InChI is InChI=1S/C18H17FN2O4S/c19-16-9-13(1-2-15(16)12-3-6-23-7-4-12)21-10-14(25-18(21)22)11-24-17-5-8-26-20-17/h1-3,5,8-9,14H,4,6-7,10-11H2/t14-/m1/s1. The number of aromatic nitrogens is 1. The largest absolute Gasteiger partial charge is 0.473 e. The molecule has 0 unspecified atom stereocenters. The van der Waals surface area contributed by atoms with Crippen LogP contribution in [0.1, 0.15) is 12.0 Å². The van der Waals surface area contributed by atoms with Crippen LogP contribution in [0.4, 0.5) is 14.9 Å². The fraction of sp³-hybridized carbons (Fsp3) is 0.333. The van der Waals surface area contributed by atoms with Gasteiger partial charge in [0.25, 0.3) is 0 Å². The van der Waals surface area contributed by atoms with Gasteiger partial charge in [-0.05, 0) is 41.7 Å². The third kappa shape index (κ3) is 3.56. The summed E-state index contributed by atoms with van der Waals surface area (Å²) in [7, 11) is 0. The van der Waals surface area contributed by atoms with Gasteiger partial charge in [0.05, 0.1) is 25.4 Å². The first kappa shape index (κ1) is 17.0. The summed E-state index contributed by atoms with van der Waals surface area (Å²) >= 11 is 1.29. The number of benzene rings is 1. The average molecular weight is 376 g/mol. The first-order valence-electron chi connectivity index (χ1n) is 8.29. The number of hydrogen-bond donors (Lipinski definition) is 0. The van der Waals surface area contributed by atoms with Gasteiger partial charge in [-0.25, -0.2) is 9.18 Å². The number of hydrogen-bond acceptors (Lipinski definition) is 6. The van der Waals surface area contributed by atoms with Gasteiger partial charge in [-0.3, -0.25) is 4.90 Å². The average Bonchev–Trinajstić information content (AvgIpc) is 3.30. The molecule has 1 amide bonds.